The summed E-state index contributed by atoms with van der Waals surface area (Å²) in [5, 5.41) is 12.0. The third kappa shape index (κ3) is 4.65. The van der Waals surface area contributed by atoms with Crippen LogP contribution in [-0.2, 0) is 22.4 Å². The lowest BCUT2D eigenvalue weighted by Crippen LogP contribution is -2.52. The minimum Gasteiger partial charge on any atom is -0.481 e. The molecule has 0 saturated carbocycles. The Morgan fingerprint density at radius 3 is 3.13 bits per heavy atom. The number of carboxylic acids is 1. The quantitative estimate of drug-likeness (QED) is 0.708. The number of hydrogen-bond acceptors (Lipinski definition) is 5. The predicted octanol–water partition coefficient (Wildman–Crippen LogP) is 1.55. The topological polar surface area (TPSA) is 74.7 Å². The average molecular weight is 319 g/mol. The first-order chi connectivity index (χ1) is 11.2. The Kier molecular flexibility index (Phi) is 5.46. The summed E-state index contributed by atoms with van der Waals surface area (Å²) in [4.78, 5) is 17.3. The van der Waals surface area contributed by atoms with Gasteiger partial charge in [-0.25, -0.2) is 4.98 Å². The van der Waals surface area contributed by atoms with Crippen molar-refractivity contribution in [2.75, 3.05) is 38.1 Å². The van der Waals surface area contributed by atoms with Gasteiger partial charge in [-0.15, -0.1) is 0 Å². The number of rotatable bonds is 8. The highest BCUT2D eigenvalue weighted by atomic mass is 16.5. The van der Waals surface area contributed by atoms with Crippen molar-refractivity contribution >= 4 is 11.8 Å². The van der Waals surface area contributed by atoms with Gasteiger partial charge in [0, 0.05) is 38.5 Å². The summed E-state index contributed by atoms with van der Waals surface area (Å²) in [6, 6.07) is 4.32. The van der Waals surface area contributed by atoms with Gasteiger partial charge in [0.25, 0.3) is 0 Å². The first kappa shape index (κ1) is 16.2. The Labute approximate surface area is 136 Å². The van der Waals surface area contributed by atoms with Crippen LogP contribution in [-0.4, -0.2) is 59.8 Å². The zero-order valence-corrected chi connectivity index (χ0v) is 13.5. The van der Waals surface area contributed by atoms with Gasteiger partial charge >= 0.3 is 5.97 Å². The molecule has 2 N–H and O–H groups in total. The van der Waals surface area contributed by atoms with E-state index >= 15 is 0 Å². The molecule has 1 saturated heterocycles. The van der Waals surface area contributed by atoms with Gasteiger partial charge in [0.2, 0.25) is 0 Å². The molecule has 2 aliphatic heterocycles. The molecule has 6 heteroatoms. The molecular formula is C17H25N3O3. The molecule has 0 unspecified atom stereocenters. The van der Waals surface area contributed by atoms with Crippen LogP contribution in [0.3, 0.4) is 0 Å². The molecule has 0 radical (unpaired) electrons. The third-order valence-electron chi connectivity index (χ3n) is 4.45. The summed E-state index contributed by atoms with van der Waals surface area (Å²) < 4.78 is 5.82. The number of carboxylic acid groups (broad SMARTS) is 1. The third-order valence-corrected chi connectivity index (χ3v) is 4.45. The van der Waals surface area contributed by atoms with Crippen LogP contribution >= 0.6 is 0 Å². The number of hydrogen-bond donors (Lipinski definition) is 2. The van der Waals surface area contributed by atoms with E-state index in [-0.39, 0.29) is 12.5 Å². The van der Waals surface area contributed by atoms with Crippen LogP contribution < -0.4 is 5.32 Å². The summed E-state index contributed by atoms with van der Waals surface area (Å²) in [6.45, 7) is 4.10. The minimum atomic E-state index is -0.735. The van der Waals surface area contributed by atoms with E-state index in [9.17, 15) is 4.79 Å². The van der Waals surface area contributed by atoms with Crippen molar-refractivity contribution in [1.29, 1.82) is 0 Å². The molecule has 0 amide bonds. The van der Waals surface area contributed by atoms with Gasteiger partial charge in [-0.2, -0.15) is 0 Å². The van der Waals surface area contributed by atoms with E-state index < -0.39 is 5.97 Å². The summed E-state index contributed by atoms with van der Waals surface area (Å²) in [5.74, 6) is 0.323. The van der Waals surface area contributed by atoms with Crippen LogP contribution in [0, 0.1) is 0 Å². The van der Waals surface area contributed by atoms with E-state index in [0.29, 0.717) is 6.54 Å². The van der Waals surface area contributed by atoms with Crippen molar-refractivity contribution in [3.05, 3.63) is 23.4 Å². The van der Waals surface area contributed by atoms with Gasteiger partial charge < -0.3 is 15.2 Å². The first-order valence-corrected chi connectivity index (χ1v) is 8.49. The van der Waals surface area contributed by atoms with E-state index in [4.69, 9.17) is 9.84 Å². The molecule has 1 fully saturated rings. The highest BCUT2D eigenvalue weighted by Gasteiger charge is 2.27. The number of nitrogens with zero attached hydrogens (tertiary/aromatic N) is 2. The lowest BCUT2D eigenvalue weighted by atomic mass is 10.1. The van der Waals surface area contributed by atoms with Crippen LogP contribution in [0.25, 0.3) is 0 Å². The van der Waals surface area contributed by atoms with E-state index in [0.717, 1.165) is 57.0 Å². The zero-order chi connectivity index (χ0) is 16.1. The molecule has 2 aliphatic rings. The second-order valence-electron chi connectivity index (χ2n) is 6.34. The fourth-order valence-electron chi connectivity index (χ4n) is 3.08. The fourth-order valence-corrected chi connectivity index (χ4v) is 3.08. The summed E-state index contributed by atoms with van der Waals surface area (Å²) in [7, 11) is 0. The van der Waals surface area contributed by atoms with Crippen molar-refractivity contribution in [2.45, 2.75) is 38.2 Å². The number of pyridine rings is 1. The number of carbonyl (C=O) groups is 1. The molecule has 0 aromatic carbocycles. The Bertz CT molecular complexity index is 544. The zero-order valence-electron chi connectivity index (χ0n) is 13.5. The number of fused-ring (bicyclic) bond motifs is 1. The van der Waals surface area contributed by atoms with Crippen molar-refractivity contribution in [3.63, 3.8) is 0 Å². The normalized spacial score (nSPS) is 18.1. The Hall–Kier alpha value is -1.66. The standard InChI is InChI=1S/C17H25N3O3/c21-16(22)7-9-20-11-15(12-20)23-10-2-4-14-6-5-13-3-1-8-18-17(13)19-14/h5-6,15H,1-4,7-12H2,(H,18,19)(H,21,22). The second-order valence-corrected chi connectivity index (χ2v) is 6.34. The SMILES string of the molecule is O=C(O)CCN1CC(OCCCc2ccc3c(n2)NCCC3)C1. The van der Waals surface area contributed by atoms with Crippen molar-refractivity contribution in [2.24, 2.45) is 0 Å². The van der Waals surface area contributed by atoms with Crippen molar-refractivity contribution in [3.8, 4) is 0 Å². The fraction of sp³-hybridized carbons (Fsp3) is 0.647. The van der Waals surface area contributed by atoms with E-state index in [2.05, 4.69) is 27.3 Å². The van der Waals surface area contributed by atoms with Crippen LogP contribution in [0.2, 0.25) is 0 Å². The van der Waals surface area contributed by atoms with E-state index in [1.807, 2.05) is 0 Å². The van der Waals surface area contributed by atoms with Crippen LogP contribution in [0.5, 0.6) is 0 Å². The molecule has 0 bridgehead atoms. The number of nitrogens with one attached hydrogen (secondary N) is 1. The smallest absolute Gasteiger partial charge is 0.304 e. The number of ether oxygens (including phenoxy) is 1. The van der Waals surface area contributed by atoms with Crippen molar-refractivity contribution < 1.29 is 14.6 Å². The lowest BCUT2D eigenvalue weighted by Gasteiger charge is -2.38. The Morgan fingerprint density at radius 2 is 2.30 bits per heavy atom. The van der Waals surface area contributed by atoms with Crippen LogP contribution in [0.1, 0.15) is 30.5 Å². The van der Waals surface area contributed by atoms with Crippen LogP contribution in [0.15, 0.2) is 12.1 Å². The Morgan fingerprint density at radius 1 is 1.43 bits per heavy atom. The number of aliphatic carboxylic acids is 1. The van der Waals surface area contributed by atoms with Gasteiger partial charge in [0.1, 0.15) is 5.82 Å². The van der Waals surface area contributed by atoms with Crippen molar-refractivity contribution in [1.82, 2.24) is 9.88 Å². The highest BCUT2D eigenvalue weighted by molar-refractivity contribution is 5.66. The molecular weight excluding hydrogens is 294 g/mol. The molecule has 1 aromatic rings. The number of aryl methyl sites for hydroxylation is 2. The average Bonchev–Trinajstić information content (AvgIpc) is 2.51. The predicted molar refractivity (Wildman–Crippen MR) is 87.8 cm³/mol. The maximum atomic E-state index is 10.5. The molecule has 3 rings (SSSR count). The summed E-state index contributed by atoms with van der Waals surface area (Å²) >= 11 is 0. The monoisotopic (exact) mass is 319 g/mol. The molecule has 6 nitrogen and oxygen atoms in total. The van der Waals surface area contributed by atoms with Gasteiger partial charge in [0.15, 0.2) is 0 Å². The van der Waals surface area contributed by atoms with E-state index in [1.165, 1.54) is 12.0 Å². The second kappa shape index (κ2) is 7.75. The minimum absolute atomic E-state index is 0.213. The first-order valence-electron chi connectivity index (χ1n) is 8.49. The molecule has 0 spiro atoms. The highest BCUT2D eigenvalue weighted by Crippen LogP contribution is 2.20. The van der Waals surface area contributed by atoms with E-state index in [1.54, 1.807) is 0 Å². The lowest BCUT2D eigenvalue weighted by molar-refractivity contribution is -0.138. The maximum absolute atomic E-state index is 10.5. The van der Waals surface area contributed by atoms with Gasteiger partial charge in [-0.05, 0) is 37.3 Å². The summed E-state index contributed by atoms with van der Waals surface area (Å²) in [5.41, 5.74) is 2.45. The number of aromatic nitrogens is 1. The van der Waals surface area contributed by atoms with Gasteiger partial charge in [-0.1, -0.05) is 6.07 Å². The number of anilines is 1. The molecule has 23 heavy (non-hydrogen) atoms. The molecule has 0 aliphatic carbocycles. The van der Waals surface area contributed by atoms with Gasteiger partial charge in [-0.3, -0.25) is 9.69 Å². The maximum Gasteiger partial charge on any atom is 0.304 e. The largest absolute Gasteiger partial charge is 0.481 e. The number of likely N-dealkylation sites (tertiary alicyclic amines) is 1. The Balaban J connectivity index is 1.30. The van der Waals surface area contributed by atoms with Gasteiger partial charge in [0.05, 0.1) is 12.5 Å². The summed E-state index contributed by atoms with van der Waals surface area (Å²) in [6.07, 6.45) is 4.69. The molecule has 126 valence electrons. The molecule has 0 atom stereocenters. The molecule has 1 aromatic heterocycles. The molecule has 3 heterocycles. The van der Waals surface area contributed by atoms with Crippen LogP contribution in [0.4, 0.5) is 5.82 Å².